The highest BCUT2D eigenvalue weighted by Crippen LogP contribution is 2.15. The first-order chi connectivity index (χ1) is 9.60. The molecule has 6 nitrogen and oxygen atoms in total. The van der Waals surface area contributed by atoms with Crippen molar-refractivity contribution >= 4 is 11.7 Å². The molecule has 0 aromatic carbocycles. The van der Waals surface area contributed by atoms with Crippen LogP contribution in [0.2, 0.25) is 0 Å². The third kappa shape index (κ3) is 3.34. The van der Waals surface area contributed by atoms with Gasteiger partial charge in [0.25, 0.3) is 0 Å². The second kappa shape index (κ2) is 6.18. The molecule has 1 amide bonds. The minimum absolute atomic E-state index is 0.0246. The molecule has 2 aromatic heterocycles. The van der Waals surface area contributed by atoms with E-state index in [1.165, 1.54) is 4.68 Å². The summed E-state index contributed by atoms with van der Waals surface area (Å²) in [5.41, 5.74) is 7.62. The van der Waals surface area contributed by atoms with E-state index in [0.29, 0.717) is 5.82 Å². The molecule has 0 saturated heterocycles. The van der Waals surface area contributed by atoms with Gasteiger partial charge in [-0.25, -0.2) is 4.68 Å². The topological polar surface area (TPSA) is 85.8 Å². The molecule has 2 aromatic rings. The van der Waals surface area contributed by atoms with Crippen LogP contribution in [0.4, 0.5) is 5.82 Å². The summed E-state index contributed by atoms with van der Waals surface area (Å²) in [6, 6.07) is 5.53. The van der Waals surface area contributed by atoms with E-state index >= 15 is 0 Å². The molecule has 2 heterocycles. The number of nitrogens with two attached hydrogens (primary N) is 1. The van der Waals surface area contributed by atoms with Gasteiger partial charge in [-0.3, -0.25) is 9.78 Å². The summed E-state index contributed by atoms with van der Waals surface area (Å²) in [5, 5.41) is 7.16. The Hall–Kier alpha value is -2.37. The van der Waals surface area contributed by atoms with Gasteiger partial charge in [0, 0.05) is 18.5 Å². The van der Waals surface area contributed by atoms with Crippen molar-refractivity contribution in [3.63, 3.8) is 0 Å². The lowest BCUT2D eigenvalue weighted by Gasteiger charge is -2.17. The molecule has 6 heteroatoms. The predicted octanol–water partition coefficient (Wildman–Crippen LogP) is 1.44. The van der Waals surface area contributed by atoms with Crippen molar-refractivity contribution in [2.45, 2.75) is 32.9 Å². The Balaban J connectivity index is 2.01. The van der Waals surface area contributed by atoms with Gasteiger partial charge in [0.2, 0.25) is 5.91 Å². The zero-order valence-corrected chi connectivity index (χ0v) is 11.7. The Morgan fingerprint density at radius 3 is 2.70 bits per heavy atom. The van der Waals surface area contributed by atoms with E-state index < -0.39 is 0 Å². The summed E-state index contributed by atoms with van der Waals surface area (Å²) in [4.78, 5) is 16.1. The molecule has 2 rings (SSSR count). The number of nitrogens with zero attached hydrogens (tertiary/aromatic N) is 3. The molecule has 0 fully saturated rings. The summed E-state index contributed by atoms with van der Waals surface area (Å²) in [6.07, 6.45) is 4.25. The van der Waals surface area contributed by atoms with Gasteiger partial charge in [-0.05, 0) is 31.0 Å². The van der Waals surface area contributed by atoms with E-state index in [4.69, 9.17) is 5.73 Å². The first kappa shape index (κ1) is 14.0. The van der Waals surface area contributed by atoms with Crippen LogP contribution in [0, 0.1) is 6.92 Å². The number of amides is 1. The number of hydrogen-bond acceptors (Lipinski definition) is 4. The fourth-order valence-electron chi connectivity index (χ4n) is 2.09. The fraction of sp³-hybridized carbons (Fsp3) is 0.357. The quantitative estimate of drug-likeness (QED) is 0.863. The Labute approximate surface area is 118 Å². The highest BCUT2D eigenvalue weighted by Gasteiger charge is 2.14. The monoisotopic (exact) mass is 273 g/mol. The van der Waals surface area contributed by atoms with Crippen LogP contribution in [0.25, 0.3) is 0 Å². The van der Waals surface area contributed by atoms with Crippen molar-refractivity contribution in [2.75, 3.05) is 5.73 Å². The van der Waals surface area contributed by atoms with Gasteiger partial charge in [0.15, 0.2) is 0 Å². The fourth-order valence-corrected chi connectivity index (χ4v) is 2.09. The third-order valence-corrected chi connectivity index (χ3v) is 3.08. The van der Waals surface area contributed by atoms with Gasteiger partial charge in [-0.15, -0.1) is 0 Å². The van der Waals surface area contributed by atoms with Crippen LogP contribution in [0.5, 0.6) is 0 Å². The number of aromatic nitrogens is 3. The van der Waals surface area contributed by atoms with Gasteiger partial charge in [0.05, 0.1) is 11.7 Å². The molecule has 0 radical (unpaired) electrons. The number of carbonyl (C=O) groups is 1. The molecular formula is C14H19N5O. The molecule has 0 unspecified atom stereocenters. The van der Waals surface area contributed by atoms with Crippen LogP contribution in [0.3, 0.4) is 0 Å². The Kier molecular flexibility index (Phi) is 4.34. The average molecular weight is 273 g/mol. The molecule has 0 aliphatic rings. The van der Waals surface area contributed by atoms with Crippen molar-refractivity contribution in [2.24, 2.45) is 0 Å². The molecular weight excluding hydrogens is 254 g/mol. The molecule has 0 aliphatic carbocycles. The highest BCUT2D eigenvalue weighted by molar-refractivity contribution is 5.76. The molecule has 1 atom stereocenters. The number of carbonyl (C=O) groups excluding carboxylic acids is 1. The number of anilines is 1. The second-order valence-electron chi connectivity index (χ2n) is 4.68. The van der Waals surface area contributed by atoms with Crippen LogP contribution in [0.1, 0.15) is 30.6 Å². The summed E-state index contributed by atoms with van der Waals surface area (Å²) in [7, 11) is 0. The largest absolute Gasteiger partial charge is 0.384 e. The second-order valence-corrected chi connectivity index (χ2v) is 4.68. The molecule has 0 spiro atoms. The van der Waals surface area contributed by atoms with E-state index in [2.05, 4.69) is 15.4 Å². The predicted molar refractivity (Wildman–Crippen MR) is 76.8 cm³/mol. The maximum Gasteiger partial charge on any atom is 0.242 e. The number of nitrogen functional groups attached to an aromatic ring is 1. The maximum absolute atomic E-state index is 12.1. The minimum atomic E-state index is -0.108. The van der Waals surface area contributed by atoms with Crippen molar-refractivity contribution in [1.82, 2.24) is 20.1 Å². The van der Waals surface area contributed by atoms with Crippen molar-refractivity contribution in [3.05, 3.63) is 41.9 Å². The van der Waals surface area contributed by atoms with Crippen LogP contribution in [0.15, 0.2) is 30.6 Å². The van der Waals surface area contributed by atoms with Crippen molar-refractivity contribution in [1.29, 1.82) is 0 Å². The van der Waals surface area contributed by atoms with Crippen LogP contribution < -0.4 is 11.1 Å². The average Bonchev–Trinajstić information content (AvgIpc) is 2.75. The number of hydrogen-bond donors (Lipinski definition) is 2. The van der Waals surface area contributed by atoms with Gasteiger partial charge in [0.1, 0.15) is 12.4 Å². The summed E-state index contributed by atoms with van der Waals surface area (Å²) in [5.74, 6) is 0.387. The van der Waals surface area contributed by atoms with Crippen molar-refractivity contribution in [3.8, 4) is 0 Å². The zero-order valence-electron chi connectivity index (χ0n) is 11.7. The lowest BCUT2D eigenvalue weighted by Crippen LogP contribution is -2.32. The Bertz CT molecular complexity index is 579. The van der Waals surface area contributed by atoms with Crippen LogP contribution in [-0.2, 0) is 11.3 Å². The number of aryl methyl sites for hydroxylation is 1. The lowest BCUT2D eigenvalue weighted by atomic mass is 10.1. The standard InChI is InChI=1S/C14H19N5O/c1-3-12(11-4-6-16-7-5-11)17-14(20)9-19-13(15)8-10(2)18-19/h4-8,12H,3,9,15H2,1-2H3,(H,17,20)/t12-/m0/s1. The molecule has 0 saturated carbocycles. The Morgan fingerprint density at radius 2 is 2.15 bits per heavy atom. The number of rotatable bonds is 5. The van der Waals surface area contributed by atoms with E-state index in [0.717, 1.165) is 17.7 Å². The number of pyridine rings is 1. The first-order valence-electron chi connectivity index (χ1n) is 6.59. The van der Waals surface area contributed by atoms with E-state index in [9.17, 15) is 4.79 Å². The van der Waals surface area contributed by atoms with E-state index in [1.54, 1.807) is 18.5 Å². The summed E-state index contributed by atoms with van der Waals surface area (Å²) >= 11 is 0. The molecule has 106 valence electrons. The number of nitrogens with one attached hydrogen (secondary N) is 1. The van der Waals surface area contributed by atoms with Gasteiger partial charge in [-0.2, -0.15) is 5.10 Å². The van der Waals surface area contributed by atoms with Crippen LogP contribution >= 0.6 is 0 Å². The van der Waals surface area contributed by atoms with E-state index in [1.807, 2.05) is 26.0 Å². The molecule has 3 N–H and O–H groups in total. The first-order valence-corrected chi connectivity index (χ1v) is 6.59. The van der Waals surface area contributed by atoms with Gasteiger partial charge < -0.3 is 11.1 Å². The summed E-state index contributed by atoms with van der Waals surface area (Å²) < 4.78 is 1.50. The zero-order chi connectivity index (χ0) is 14.5. The third-order valence-electron chi connectivity index (χ3n) is 3.08. The maximum atomic E-state index is 12.1. The van der Waals surface area contributed by atoms with Gasteiger partial charge in [-0.1, -0.05) is 6.92 Å². The molecule has 20 heavy (non-hydrogen) atoms. The summed E-state index contributed by atoms with van der Waals surface area (Å²) in [6.45, 7) is 4.00. The van der Waals surface area contributed by atoms with Crippen molar-refractivity contribution < 1.29 is 4.79 Å². The normalized spacial score (nSPS) is 12.1. The minimum Gasteiger partial charge on any atom is -0.384 e. The SMILES string of the molecule is CC[C@H](NC(=O)Cn1nc(C)cc1N)c1ccncc1. The molecule has 0 aliphatic heterocycles. The lowest BCUT2D eigenvalue weighted by molar-refractivity contribution is -0.122. The smallest absolute Gasteiger partial charge is 0.242 e. The highest BCUT2D eigenvalue weighted by atomic mass is 16.2. The molecule has 0 bridgehead atoms. The van der Waals surface area contributed by atoms with Crippen LogP contribution in [-0.4, -0.2) is 20.7 Å². The van der Waals surface area contributed by atoms with Gasteiger partial charge >= 0.3 is 0 Å². The Morgan fingerprint density at radius 1 is 1.45 bits per heavy atom. The van der Waals surface area contributed by atoms with E-state index in [-0.39, 0.29) is 18.5 Å².